The molecule has 8 heteroatoms. The van der Waals surface area contributed by atoms with Crippen LogP contribution in [0.4, 0.5) is 5.95 Å². The van der Waals surface area contributed by atoms with Crippen molar-refractivity contribution in [1.82, 2.24) is 10.00 Å². The van der Waals surface area contributed by atoms with Crippen molar-refractivity contribution in [3.05, 3.63) is 28.6 Å². The lowest BCUT2D eigenvalue weighted by molar-refractivity contribution is -0.672. The average Bonchev–Trinajstić information content (AvgIpc) is 2.35. The van der Waals surface area contributed by atoms with Gasteiger partial charge in [-0.15, -0.1) is 0 Å². The summed E-state index contributed by atoms with van der Waals surface area (Å²) in [4.78, 5) is 2.30. The minimum Gasteiger partial charge on any atom is -0.739 e. The summed E-state index contributed by atoms with van der Waals surface area (Å²) in [7, 11) is 3.87. The Morgan fingerprint density at radius 2 is 2.05 bits per heavy atom. The molecular formula is C11H15N5O3. The molecule has 0 spiro atoms. The molecule has 0 saturated carbocycles. The van der Waals surface area contributed by atoms with E-state index in [2.05, 4.69) is 5.10 Å². The molecule has 1 aromatic heterocycles. The van der Waals surface area contributed by atoms with E-state index in [1.54, 1.807) is 6.07 Å². The monoisotopic (exact) mass is 265 g/mol. The van der Waals surface area contributed by atoms with Gasteiger partial charge in [0.25, 0.3) is 5.52 Å². The maximum atomic E-state index is 11.7. The van der Waals surface area contributed by atoms with E-state index in [1.807, 2.05) is 19.0 Å². The van der Waals surface area contributed by atoms with E-state index in [0.29, 0.717) is 21.9 Å². The Hall–Kier alpha value is -2.35. The molecule has 0 unspecified atom stereocenters. The van der Waals surface area contributed by atoms with Gasteiger partial charge in [-0.1, -0.05) is 0 Å². The topological polar surface area (TPSA) is 105 Å². The summed E-state index contributed by atoms with van der Waals surface area (Å²) in [6, 6.07) is 4.57. The number of anilines is 1. The molecule has 0 radical (unpaired) electrons. The van der Waals surface area contributed by atoms with Crippen molar-refractivity contribution >= 4 is 17.0 Å². The van der Waals surface area contributed by atoms with Gasteiger partial charge in [-0.25, -0.2) is 4.73 Å². The van der Waals surface area contributed by atoms with Gasteiger partial charge < -0.3 is 20.1 Å². The Kier molecular flexibility index (Phi) is 3.52. The van der Waals surface area contributed by atoms with Crippen LogP contribution >= 0.6 is 0 Å². The number of hydrogen-bond acceptors (Lipinski definition) is 6. The molecule has 0 aliphatic carbocycles. The zero-order valence-corrected chi connectivity index (χ0v) is 10.7. The lowest BCUT2D eigenvalue weighted by atomic mass is 10.3. The van der Waals surface area contributed by atoms with Crippen LogP contribution in [-0.2, 0) is 0 Å². The van der Waals surface area contributed by atoms with Crippen LogP contribution in [0.2, 0.25) is 0 Å². The Bertz CT molecular complexity index is 602. The van der Waals surface area contributed by atoms with Crippen LogP contribution in [0, 0.1) is 10.4 Å². The third-order valence-corrected chi connectivity index (χ3v) is 2.58. The minimum absolute atomic E-state index is 0.129. The first-order chi connectivity index (χ1) is 8.99. The second-order valence-corrected chi connectivity index (χ2v) is 4.33. The largest absolute Gasteiger partial charge is 0.739 e. The lowest BCUT2D eigenvalue weighted by Crippen LogP contribution is -2.44. The van der Waals surface area contributed by atoms with Crippen LogP contribution < -0.4 is 20.0 Å². The van der Waals surface area contributed by atoms with Crippen molar-refractivity contribution in [2.24, 2.45) is 0 Å². The summed E-state index contributed by atoms with van der Waals surface area (Å²) in [5, 5.41) is 26.6. The molecule has 0 amide bonds. The summed E-state index contributed by atoms with van der Waals surface area (Å²) < 4.78 is 5.90. The number of hydrogen-bond donors (Lipinski definition) is 1. The van der Waals surface area contributed by atoms with E-state index in [1.165, 1.54) is 12.1 Å². The third kappa shape index (κ3) is 2.74. The maximum absolute atomic E-state index is 11.7. The van der Waals surface area contributed by atoms with Crippen LogP contribution in [0.1, 0.15) is 0 Å². The number of aromatic nitrogens is 3. The van der Waals surface area contributed by atoms with Crippen LogP contribution in [0.25, 0.3) is 11.0 Å². The molecule has 0 saturated heterocycles. The van der Waals surface area contributed by atoms with Gasteiger partial charge in [0.15, 0.2) is 5.52 Å². The SMILES string of the molecule is CN(C)CCOc1ccc2c(c1)[n+]([O-])c(N)n[n+]2[O-]. The number of fused-ring (bicyclic) bond motifs is 1. The van der Waals surface area contributed by atoms with Crippen LogP contribution in [0.15, 0.2) is 18.2 Å². The summed E-state index contributed by atoms with van der Waals surface area (Å²) in [6.45, 7) is 1.23. The fourth-order valence-corrected chi connectivity index (χ4v) is 1.57. The smallest absolute Gasteiger partial charge is 0.458 e. The first kappa shape index (κ1) is 13.1. The third-order valence-electron chi connectivity index (χ3n) is 2.58. The molecule has 0 bridgehead atoms. The molecule has 1 heterocycles. The lowest BCUT2D eigenvalue weighted by Gasteiger charge is -2.12. The first-order valence-electron chi connectivity index (χ1n) is 5.69. The quantitative estimate of drug-likeness (QED) is 0.563. The molecule has 0 aliphatic heterocycles. The summed E-state index contributed by atoms with van der Waals surface area (Å²) in [6.07, 6.45) is 0. The van der Waals surface area contributed by atoms with E-state index >= 15 is 0 Å². The van der Waals surface area contributed by atoms with E-state index in [0.717, 1.165) is 6.54 Å². The van der Waals surface area contributed by atoms with Gasteiger partial charge in [-0.3, -0.25) is 5.73 Å². The van der Waals surface area contributed by atoms with Crippen molar-refractivity contribution in [3.63, 3.8) is 0 Å². The highest BCUT2D eigenvalue weighted by Crippen LogP contribution is 2.15. The molecule has 1 aromatic carbocycles. The molecule has 2 aromatic rings. The molecule has 2 rings (SSSR count). The minimum atomic E-state index is -0.395. The van der Waals surface area contributed by atoms with Gasteiger partial charge in [0, 0.05) is 23.5 Å². The van der Waals surface area contributed by atoms with Gasteiger partial charge in [0.2, 0.25) is 5.10 Å². The summed E-state index contributed by atoms with van der Waals surface area (Å²) >= 11 is 0. The number of likely N-dealkylation sites (N-methyl/N-ethyl adjacent to an activating group) is 1. The van der Waals surface area contributed by atoms with E-state index in [9.17, 15) is 10.4 Å². The number of nitrogens with zero attached hydrogens (tertiary/aromatic N) is 4. The molecule has 0 fully saturated rings. The van der Waals surface area contributed by atoms with Gasteiger partial charge in [-0.2, -0.15) is 0 Å². The second-order valence-electron chi connectivity index (χ2n) is 4.33. The number of rotatable bonds is 4. The fourth-order valence-electron chi connectivity index (χ4n) is 1.57. The summed E-state index contributed by atoms with van der Waals surface area (Å²) in [5.74, 6) is 0.109. The van der Waals surface area contributed by atoms with Crippen molar-refractivity contribution in [2.75, 3.05) is 33.0 Å². The highest BCUT2D eigenvalue weighted by molar-refractivity contribution is 5.69. The van der Waals surface area contributed by atoms with Crippen LogP contribution in [-0.4, -0.2) is 37.2 Å². The highest BCUT2D eigenvalue weighted by Gasteiger charge is 2.17. The van der Waals surface area contributed by atoms with E-state index < -0.39 is 5.95 Å². The van der Waals surface area contributed by atoms with Gasteiger partial charge in [0.05, 0.1) is 0 Å². The number of nitrogens with two attached hydrogens (primary N) is 1. The zero-order valence-electron chi connectivity index (χ0n) is 10.7. The van der Waals surface area contributed by atoms with Crippen molar-refractivity contribution in [3.8, 4) is 5.75 Å². The van der Waals surface area contributed by atoms with E-state index in [4.69, 9.17) is 10.5 Å². The molecule has 2 N–H and O–H groups in total. The van der Waals surface area contributed by atoms with Gasteiger partial charge in [0.1, 0.15) is 12.4 Å². The Morgan fingerprint density at radius 1 is 1.32 bits per heavy atom. The van der Waals surface area contributed by atoms with Crippen LogP contribution in [0.5, 0.6) is 5.75 Å². The highest BCUT2D eigenvalue weighted by atomic mass is 16.5. The normalized spacial score (nSPS) is 11.1. The maximum Gasteiger partial charge on any atom is 0.458 e. The fraction of sp³-hybridized carbons (Fsp3) is 0.364. The number of ether oxygens (including phenoxy) is 1. The molecule has 19 heavy (non-hydrogen) atoms. The molecule has 8 nitrogen and oxygen atoms in total. The molecule has 102 valence electrons. The number of benzene rings is 1. The predicted molar refractivity (Wildman–Crippen MR) is 68.1 cm³/mol. The van der Waals surface area contributed by atoms with Crippen molar-refractivity contribution in [2.45, 2.75) is 0 Å². The van der Waals surface area contributed by atoms with Crippen molar-refractivity contribution in [1.29, 1.82) is 0 Å². The van der Waals surface area contributed by atoms with Gasteiger partial charge >= 0.3 is 5.95 Å². The molecular weight excluding hydrogens is 250 g/mol. The van der Waals surface area contributed by atoms with Crippen LogP contribution in [0.3, 0.4) is 0 Å². The Labute approximate surface area is 109 Å². The Balaban J connectivity index is 2.32. The Morgan fingerprint density at radius 3 is 2.74 bits per heavy atom. The van der Waals surface area contributed by atoms with Crippen molar-refractivity contribution < 1.29 is 14.3 Å². The summed E-state index contributed by atoms with van der Waals surface area (Å²) in [5.41, 5.74) is 5.62. The first-order valence-corrected chi connectivity index (χ1v) is 5.69. The van der Waals surface area contributed by atoms with E-state index in [-0.39, 0.29) is 11.0 Å². The molecule has 0 atom stereocenters. The van der Waals surface area contributed by atoms with Gasteiger partial charge in [-0.05, 0) is 20.2 Å². The zero-order chi connectivity index (χ0) is 14.0. The average molecular weight is 265 g/mol. The standard InChI is InChI=1S/C11H15N5O3/c1-14(2)5-6-19-8-3-4-9-10(7-8)15(17)11(12)13-16(9)18/h3-4,7H,5-6H2,1-2H3,(H2,12,13). The predicted octanol–water partition coefficient (Wildman–Crippen LogP) is -0.976. The second kappa shape index (κ2) is 5.11. The molecule has 0 aliphatic rings. The number of nitrogen functional groups attached to an aromatic ring is 1.